The molecule has 0 aliphatic carbocycles. The fourth-order valence-corrected chi connectivity index (χ4v) is 3.61. The van der Waals surface area contributed by atoms with Gasteiger partial charge in [-0.15, -0.1) is 0 Å². The molecule has 1 heterocycles. The SMILES string of the molecule is CC1=NN(c2ccc(C)c(C)c2)C(=O)/C1=N\Nc1cccc(-c2ccc(OC(C)C(=O)O)cc2)c1O. The highest BCUT2D eigenvalue weighted by Gasteiger charge is 2.31. The van der Waals surface area contributed by atoms with Gasteiger partial charge in [0.1, 0.15) is 11.5 Å². The number of carboxylic acid groups (broad SMARTS) is 1. The average Bonchev–Trinajstić information content (AvgIpc) is 3.14. The van der Waals surface area contributed by atoms with Crippen molar-refractivity contribution >= 4 is 34.7 Å². The average molecular weight is 487 g/mol. The van der Waals surface area contributed by atoms with Crippen LogP contribution in [0.5, 0.6) is 11.5 Å². The van der Waals surface area contributed by atoms with Crippen molar-refractivity contribution in [1.82, 2.24) is 0 Å². The van der Waals surface area contributed by atoms with Crippen molar-refractivity contribution in [3.05, 3.63) is 71.8 Å². The fraction of sp³-hybridized carbons (Fsp3) is 0.185. The van der Waals surface area contributed by atoms with Crippen LogP contribution in [-0.4, -0.2) is 39.6 Å². The summed E-state index contributed by atoms with van der Waals surface area (Å²) in [5.41, 5.74) is 7.74. The van der Waals surface area contributed by atoms with Crippen LogP contribution in [0.2, 0.25) is 0 Å². The molecule has 1 amide bonds. The van der Waals surface area contributed by atoms with Gasteiger partial charge < -0.3 is 14.9 Å². The number of phenols is 1. The first-order chi connectivity index (χ1) is 17.2. The van der Waals surface area contributed by atoms with Crippen molar-refractivity contribution in [2.24, 2.45) is 10.2 Å². The molecule has 9 nitrogen and oxygen atoms in total. The summed E-state index contributed by atoms with van der Waals surface area (Å²) in [7, 11) is 0. The fourth-order valence-electron chi connectivity index (χ4n) is 3.61. The quantitative estimate of drug-likeness (QED) is 0.328. The van der Waals surface area contributed by atoms with E-state index in [1.54, 1.807) is 49.4 Å². The zero-order chi connectivity index (χ0) is 26.0. The van der Waals surface area contributed by atoms with Gasteiger partial charge in [0.05, 0.1) is 17.1 Å². The number of nitrogens with zero attached hydrogens (tertiary/aromatic N) is 3. The zero-order valence-corrected chi connectivity index (χ0v) is 20.3. The molecule has 9 heteroatoms. The summed E-state index contributed by atoms with van der Waals surface area (Å²) >= 11 is 0. The molecule has 1 aliphatic rings. The monoisotopic (exact) mass is 486 g/mol. The van der Waals surface area contributed by atoms with Gasteiger partial charge in [-0.25, -0.2) is 4.79 Å². The number of carboxylic acids is 1. The third-order valence-corrected chi connectivity index (χ3v) is 5.87. The van der Waals surface area contributed by atoms with Crippen LogP contribution >= 0.6 is 0 Å². The number of aryl methyl sites for hydroxylation is 2. The molecule has 3 N–H and O–H groups in total. The van der Waals surface area contributed by atoms with Crippen LogP contribution in [0.25, 0.3) is 11.1 Å². The first-order valence-electron chi connectivity index (χ1n) is 11.3. The van der Waals surface area contributed by atoms with Crippen molar-refractivity contribution < 1.29 is 24.5 Å². The molecule has 0 bridgehead atoms. The van der Waals surface area contributed by atoms with Crippen molar-refractivity contribution in [2.45, 2.75) is 33.8 Å². The van der Waals surface area contributed by atoms with Gasteiger partial charge in [0.25, 0.3) is 0 Å². The maximum absolute atomic E-state index is 13.0. The summed E-state index contributed by atoms with van der Waals surface area (Å²) in [4.78, 5) is 24.0. The van der Waals surface area contributed by atoms with Gasteiger partial charge in [0.15, 0.2) is 11.8 Å². The number of anilines is 2. The molecule has 0 radical (unpaired) electrons. The summed E-state index contributed by atoms with van der Waals surface area (Å²) in [6, 6.07) is 17.5. The largest absolute Gasteiger partial charge is 0.505 e. The number of phenolic OH excluding ortho intramolecular Hbond substituents is 1. The van der Waals surface area contributed by atoms with Gasteiger partial charge in [0.2, 0.25) is 0 Å². The Morgan fingerprint density at radius 1 is 1.06 bits per heavy atom. The Kier molecular flexibility index (Phi) is 6.73. The van der Waals surface area contributed by atoms with Crippen molar-refractivity contribution in [3.63, 3.8) is 0 Å². The van der Waals surface area contributed by atoms with E-state index in [0.29, 0.717) is 34.0 Å². The Bertz CT molecular complexity index is 1400. The lowest BCUT2D eigenvalue weighted by molar-refractivity contribution is -0.144. The van der Waals surface area contributed by atoms with E-state index in [0.717, 1.165) is 11.1 Å². The van der Waals surface area contributed by atoms with Gasteiger partial charge in [-0.1, -0.05) is 30.3 Å². The highest BCUT2D eigenvalue weighted by Crippen LogP contribution is 2.36. The topological polar surface area (TPSA) is 124 Å². The number of para-hydroxylation sites is 1. The number of hydrazone groups is 2. The molecule has 0 fully saturated rings. The van der Waals surface area contributed by atoms with E-state index < -0.39 is 12.1 Å². The lowest BCUT2D eigenvalue weighted by Crippen LogP contribution is -2.28. The minimum Gasteiger partial charge on any atom is -0.505 e. The molecule has 1 unspecified atom stereocenters. The van der Waals surface area contributed by atoms with Gasteiger partial charge in [0, 0.05) is 5.56 Å². The molecule has 1 atom stereocenters. The minimum absolute atomic E-state index is 0.0551. The standard InChI is InChI=1S/C27H26N4O5/c1-15-8-11-20(14-16(15)2)31-26(33)24(17(3)30-31)29-28-23-7-5-6-22(25(23)32)19-9-12-21(13-10-19)36-18(4)27(34)35/h5-14,18,28,32H,1-4H3,(H,34,35)/b29-24-. The molecule has 0 aromatic heterocycles. The Morgan fingerprint density at radius 2 is 1.78 bits per heavy atom. The van der Waals surface area contributed by atoms with E-state index >= 15 is 0 Å². The molecule has 36 heavy (non-hydrogen) atoms. The lowest BCUT2D eigenvalue weighted by atomic mass is 10.0. The maximum atomic E-state index is 13.0. The molecule has 0 saturated heterocycles. The van der Waals surface area contributed by atoms with E-state index in [4.69, 9.17) is 9.84 Å². The summed E-state index contributed by atoms with van der Waals surface area (Å²) in [6.07, 6.45) is -0.979. The van der Waals surface area contributed by atoms with E-state index in [9.17, 15) is 14.7 Å². The Balaban J connectivity index is 1.53. The molecule has 0 saturated carbocycles. The van der Waals surface area contributed by atoms with Crippen LogP contribution in [0, 0.1) is 13.8 Å². The lowest BCUT2D eigenvalue weighted by Gasteiger charge is -2.13. The first kappa shape index (κ1) is 24.5. The van der Waals surface area contributed by atoms with Crippen LogP contribution in [0.3, 0.4) is 0 Å². The number of hydrogen-bond donors (Lipinski definition) is 3. The smallest absolute Gasteiger partial charge is 0.344 e. The number of carbonyl (C=O) groups is 2. The number of hydrogen-bond acceptors (Lipinski definition) is 7. The zero-order valence-electron chi connectivity index (χ0n) is 20.3. The summed E-state index contributed by atoms with van der Waals surface area (Å²) in [5.74, 6) is -1.09. The number of ether oxygens (including phenoxy) is 1. The predicted molar refractivity (Wildman–Crippen MR) is 139 cm³/mol. The minimum atomic E-state index is -1.06. The molecule has 1 aliphatic heterocycles. The highest BCUT2D eigenvalue weighted by atomic mass is 16.5. The van der Waals surface area contributed by atoms with E-state index in [1.807, 2.05) is 32.0 Å². The molecule has 0 spiro atoms. The summed E-state index contributed by atoms with van der Waals surface area (Å²) in [6.45, 7) is 7.12. The second kappa shape index (κ2) is 9.91. The van der Waals surface area contributed by atoms with Crippen LogP contribution in [0.15, 0.2) is 70.9 Å². The molecule has 3 aromatic carbocycles. The van der Waals surface area contributed by atoms with Crippen molar-refractivity contribution in [3.8, 4) is 22.6 Å². The van der Waals surface area contributed by atoms with Crippen molar-refractivity contribution in [1.29, 1.82) is 0 Å². The second-order valence-electron chi connectivity index (χ2n) is 8.47. The number of nitrogens with one attached hydrogen (secondary N) is 1. The summed E-state index contributed by atoms with van der Waals surface area (Å²) in [5, 5.41) is 29.7. The molecule has 4 rings (SSSR count). The Labute approximate surface area is 208 Å². The third-order valence-electron chi connectivity index (χ3n) is 5.87. The van der Waals surface area contributed by atoms with Crippen LogP contribution < -0.4 is 15.2 Å². The van der Waals surface area contributed by atoms with Crippen molar-refractivity contribution in [2.75, 3.05) is 10.4 Å². The number of benzene rings is 3. The van der Waals surface area contributed by atoms with E-state index in [-0.39, 0.29) is 17.4 Å². The maximum Gasteiger partial charge on any atom is 0.344 e. The van der Waals surface area contributed by atoms with Gasteiger partial charge >= 0.3 is 11.9 Å². The Hall–Kier alpha value is -4.66. The van der Waals surface area contributed by atoms with Gasteiger partial charge in [-0.3, -0.25) is 10.2 Å². The highest BCUT2D eigenvalue weighted by molar-refractivity contribution is 6.71. The molecular weight excluding hydrogens is 460 g/mol. The normalized spacial score (nSPS) is 15.1. The molecular formula is C27H26N4O5. The number of aromatic hydroxyl groups is 1. The van der Waals surface area contributed by atoms with Crippen LogP contribution in [-0.2, 0) is 9.59 Å². The second-order valence-corrected chi connectivity index (χ2v) is 8.47. The van der Waals surface area contributed by atoms with Gasteiger partial charge in [-0.05, 0) is 74.7 Å². The van der Waals surface area contributed by atoms with Gasteiger partial charge in [-0.2, -0.15) is 15.2 Å². The third kappa shape index (κ3) is 4.90. The number of rotatable bonds is 7. The van der Waals surface area contributed by atoms with E-state index in [1.165, 1.54) is 11.9 Å². The molecule has 3 aromatic rings. The number of amides is 1. The number of aliphatic carboxylic acids is 1. The van der Waals surface area contributed by atoms with E-state index in [2.05, 4.69) is 15.6 Å². The van der Waals surface area contributed by atoms with Crippen LogP contribution in [0.4, 0.5) is 11.4 Å². The first-order valence-corrected chi connectivity index (χ1v) is 11.3. The predicted octanol–water partition coefficient (Wildman–Crippen LogP) is 4.72. The molecule has 184 valence electrons. The summed E-state index contributed by atoms with van der Waals surface area (Å²) < 4.78 is 5.35. The van der Waals surface area contributed by atoms with Crippen LogP contribution in [0.1, 0.15) is 25.0 Å². The number of carbonyl (C=O) groups excluding carboxylic acids is 1. The Morgan fingerprint density at radius 3 is 2.44 bits per heavy atom.